The highest BCUT2D eigenvalue weighted by Crippen LogP contribution is 2.51. The average Bonchev–Trinajstić information content (AvgIpc) is 3.56. The van der Waals surface area contributed by atoms with Gasteiger partial charge in [-0.2, -0.15) is 0 Å². The Kier molecular flexibility index (Phi) is 5.58. The summed E-state index contributed by atoms with van der Waals surface area (Å²) in [5.74, 6) is 0. The van der Waals surface area contributed by atoms with Gasteiger partial charge >= 0.3 is 6.85 Å². The largest absolute Gasteiger partial charge is 0.456 e. The Hall–Kier alpha value is -6.85. The zero-order valence-corrected chi connectivity index (χ0v) is 31.1. The minimum atomic E-state index is -0.172. The van der Waals surface area contributed by atoms with Gasteiger partial charge in [-0.25, -0.2) is 0 Å². The molecule has 0 radical (unpaired) electrons. The molecule has 0 bridgehead atoms. The Bertz CT molecular complexity index is 3590. The van der Waals surface area contributed by atoms with Gasteiger partial charge in [0.05, 0.1) is 27.5 Å². The van der Waals surface area contributed by atoms with Crippen molar-refractivity contribution in [1.29, 1.82) is 0 Å². The molecular weight excluding hydrogens is 683 g/mol. The first-order chi connectivity index (χ1) is 27.3. The molecule has 9 aromatic carbocycles. The van der Waals surface area contributed by atoms with E-state index in [-0.39, 0.29) is 17.7 Å². The summed E-state index contributed by atoms with van der Waals surface area (Å²) in [6, 6.07) is 52.4. The number of hydrogen-bond acceptors (Lipinski definition) is 3. The normalized spacial score (nSPS) is 13.6. The molecule has 13 rings (SSSR count). The molecule has 0 saturated carbocycles. The Balaban J connectivity index is 1.30. The van der Waals surface area contributed by atoms with Crippen LogP contribution < -0.4 is 21.2 Å². The van der Waals surface area contributed by atoms with E-state index in [1.807, 2.05) is 24.3 Å². The third-order valence-corrected chi connectivity index (χ3v) is 12.8. The summed E-state index contributed by atoms with van der Waals surface area (Å²) in [5, 5.41) is 11.2. The van der Waals surface area contributed by atoms with Crippen LogP contribution in [0.4, 0.5) is 11.4 Å². The Morgan fingerprint density at radius 3 is 2.11 bits per heavy atom. The molecule has 4 nitrogen and oxygen atoms in total. The molecule has 0 atom stereocenters. The van der Waals surface area contributed by atoms with E-state index in [1.54, 1.807) is 0 Å². The maximum absolute atomic E-state index is 14.4. The second-order valence-electron chi connectivity index (χ2n) is 16.8. The maximum atomic E-state index is 14.4. The number of rotatable bonds is 1. The van der Waals surface area contributed by atoms with Crippen LogP contribution in [0.1, 0.15) is 26.3 Å². The van der Waals surface area contributed by atoms with Crippen molar-refractivity contribution >= 4 is 105 Å². The summed E-state index contributed by atoms with van der Waals surface area (Å²) >= 11 is 0. The number of nitrogens with zero attached hydrogens (tertiary/aromatic N) is 2. The highest BCUT2D eigenvalue weighted by atomic mass is 16.3. The number of aromatic nitrogens is 1. The predicted octanol–water partition coefficient (Wildman–Crippen LogP) is 11.5. The van der Waals surface area contributed by atoms with Crippen molar-refractivity contribution < 1.29 is 4.42 Å². The zero-order chi connectivity index (χ0) is 37.2. The molecule has 4 heterocycles. The van der Waals surface area contributed by atoms with Gasteiger partial charge in [0.2, 0.25) is 5.43 Å². The molecule has 5 heteroatoms. The summed E-state index contributed by atoms with van der Waals surface area (Å²) in [5.41, 5.74) is 13.0. The van der Waals surface area contributed by atoms with Gasteiger partial charge in [-0.1, -0.05) is 124 Å². The molecule has 56 heavy (non-hydrogen) atoms. The number of benzene rings is 9. The van der Waals surface area contributed by atoms with E-state index in [0.717, 1.165) is 16.9 Å². The van der Waals surface area contributed by atoms with Gasteiger partial charge in [0.15, 0.2) is 0 Å². The molecular formula is C51H33BN2O2. The highest BCUT2D eigenvalue weighted by Gasteiger charge is 2.45. The molecule has 0 spiro atoms. The van der Waals surface area contributed by atoms with E-state index < -0.39 is 0 Å². The van der Waals surface area contributed by atoms with Crippen molar-refractivity contribution in [2.45, 2.75) is 26.2 Å². The summed E-state index contributed by atoms with van der Waals surface area (Å²) in [6.45, 7) is 6.71. The van der Waals surface area contributed by atoms with Crippen LogP contribution in [0.2, 0.25) is 0 Å². The highest BCUT2D eigenvalue weighted by molar-refractivity contribution is 6.94. The topological polar surface area (TPSA) is 38.4 Å². The Morgan fingerprint density at radius 1 is 0.589 bits per heavy atom. The summed E-state index contributed by atoms with van der Waals surface area (Å²) < 4.78 is 9.20. The van der Waals surface area contributed by atoms with E-state index in [2.05, 4.69) is 151 Å². The molecule has 0 fully saturated rings. The van der Waals surface area contributed by atoms with Crippen LogP contribution in [0, 0.1) is 0 Å². The molecule has 0 saturated heterocycles. The van der Waals surface area contributed by atoms with Crippen molar-refractivity contribution in [3.63, 3.8) is 0 Å². The molecule has 11 aromatic rings. The van der Waals surface area contributed by atoms with Crippen LogP contribution in [0.15, 0.2) is 155 Å². The molecule has 2 aromatic heterocycles. The van der Waals surface area contributed by atoms with Gasteiger partial charge in [-0.3, -0.25) is 4.79 Å². The van der Waals surface area contributed by atoms with E-state index in [9.17, 15) is 4.79 Å². The van der Waals surface area contributed by atoms with Crippen molar-refractivity contribution in [2.24, 2.45) is 0 Å². The first-order valence-electron chi connectivity index (χ1n) is 19.5. The summed E-state index contributed by atoms with van der Waals surface area (Å²) in [7, 11) is 0. The van der Waals surface area contributed by atoms with Gasteiger partial charge in [0.1, 0.15) is 11.2 Å². The molecule has 0 N–H and O–H groups in total. The lowest BCUT2D eigenvalue weighted by Crippen LogP contribution is -2.60. The van der Waals surface area contributed by atoms with Gasteiger partial charge in [0.25, 0.3) is 0 Å². The number of hydrogen-bond donors (Lipinski definition) is 0. The van der Waals surface area contributed by atoms with Gasteiger partial charge in [-0.15, -0.1) is 0 Å². The predicted molar refractivity (Wildman–Crippen MR) is 236 cm³/mol. The van der Waals surface area contributed by atoms with E-state index in [1.165, 1.54) is 81.9 Å². The third-order valence-electron chi connectivity index (χ3n) is 12.8. The summed E-state index contributed by atoms with van der Waals surface area (Å²) in [4.78, 5) is 16.8. The molecule has 262 valence electrons. The van der Waals surface area contributed by atoms with Crippen molar-refractivity contribution in [1.82, 2.24) is 4.57 Å². The third kappa shape index (κ3) is 3.68. The van der Waals surface area contributed by atoms with Crippen LogP contribution in [0.3, 0.4) is 0 Å². The Morgan fingerprint density at radius 2 is 1.30 bits per heavy atom. The Labute approximate surface area is 322 Å². The van der Waals surface area contributed by atoms with Crippen molar-refractivity contribution in [3.05, 3.63) is 161 Å². The van der Waals surface area contributed by atoms with Crippen LogP contribution in [0.25, 0.3) is 92.9 Å². The van der Waals surface area contributed by atoms with E-state index >= 15 is 0 Å². The van der Waals surface area contributed by atoms with E-state index in [4.69, 9.17) is 4.42 Å². The second-order valence-corrected chi connectivity index (χ2v) is 16.8. The molecule has 0 unspecified atom stereocenters. The molecule has 2 aliphatic rings. The quantitative estimate of drug-likeness (QED) is 0.0964. The van der Waals surface area contributed by atoms with Crippen LogP contribution in [0.5, 0.6) is 0 Å². The van der Waals surface area contributed by atoms with Crippen LogP contribution in [-0.4, -0.2) is 11.4 Å². The van der Waals surface area contributed by atoms with Crippen LogP contribution in [-0.2, 0) is 5.41 Å². The lowest BCUT2D eigenvalue weighted by atomic mass is 9.43. The molecule has 0 aliphatic carbocycles. The molecule has 2 aliphatic heterocycles. The van der Waals surface area contributed by atoms with Gasteiger partial charge in [0, 0.05) is 38.5 Å². The summed E-state index contributed by atoms with van der Waals surface area (Å²) in [6.07, 6.45) is 0. The number of anilines is 2. The fourth-order valence-corrected chi connectivity index (χ4v) is 10.4. The maximum Gasteiger partial charge on any atom is 0.333 e. The van der Waals surface area contributed by atoms with Crippen LogP contribution >= 0.6 is 0 Å². The zero-order valence-electron chi connectivity index (χ0n) is 31.1. The fourth-order valence-electron chi connectivity index (χ4n) is 10.4. The first-order valence-corrected chi connectivity index (χ1v) is 19.5. The number of fused-ring (bicyclic) bond motifs is 11. The fraction of sp³-hybridized carbons (Fsp3) is 0.0784. The van der Waals surface area contributed by atoms with Gasteiger partial charge < -0.3 is 13.8 Å². The smallest absolute Gasteiger partial charge is 0.333 e. The first kappa shape index (κ1) is 30.5. The second kappa shape index (κ2) is 10.3. The average molecular weight is 717 g/mol. The van der Waals surface area contributed by atoms with Crippen molar-refractivity contribution in [2.75, 3.05) is 4.81 Å². The molecule has 0 amide bonds. The lowest BCUT2D eigenvalue weighted by molar-refractivity contribution is 0.591. The monoisotopic (exact) mass is 716 g/mol. The minimum Gasteiger partial charge on any atom is -0.456 e. The van der Waals surface area contributed by atoms with E-state index in [0.29, 0.717) is 21.9 Å². The SMILES string of the molecule is CC(C)(C)c1cc2ccc3c4c5c(c6ccc(c1)c2c36)-n1c2ccccc2c2cccc(c21)B5N(c1ccccc1)c1cc2c(=O)c3ccccc3oc2cc1-4. The van der Waals surface area contributed by atoms with Gasteiger partial charge in [-0.05, 0) is 91.5 Å². The lowest BCUT2D eigenvalue weighted by Gasteiger charge is -2.43. The minimum absolute atomic E-state index is 0.0111. The number of para-hydroxylation sites is 4. The standard InChI is InChI=1S/C51H33BN2O2/c1-51(2,3)30-24-28-20-22-35-45-36(23-21-29(25-30)44(28)45)49-47-46(35)37-27-43-38(50(55)34-15-8-10-19-42(34)56-43)26-41(37)54(31-12-5-4-6-13-31)52(47)39-17-11-16-33-32-14-7-9-18-40(32)53(49)48(33)39/h4-27H,1-3H3. The van der Waals surface area contributed by atoms with Crippen molar-refractivity contribution in [3.8, 4) is 16.8 Å².